The molecule has 2 nitrogen and oxygen atoms in total. The molecule has 0 amide bonds. The molecule has 0 spiro atoms. The van der Waals surface area contributed by atoms with E-state index < -0.39 is 0 Å². The lowest BCUT2D eigenvalue weighted by Gasteiger charge is -2.13. The van der Waals surface area contributed by atoms with Crippen LogP contribution in [0.15, 0.2) is 29.2 Å². The van der Waals surface area contributed by atoms with Crippen LogP contribution >= 0.6 is 11.8 Å². The molecular weight excluding hydrogens is 218 g/mol. The van der Waals surface area contributed by atoms with Crippen LogP contribution in [0.5, 0.6) is 0 Å². The second-order valence-corrected chi connectivity index (χ2v) is 5.51. The zero-order valence-electron chi connectivity index (χ0n) is 9.90. The predicted octanol–water partition coefficient (Wildman–Crippen LogP) is 2.68. The second-order valence-electron chi connectivity index (χ2n) is 4.20. The van der Waals surface area contributed by atoms with E-state index in [0.29, 0.717) is 11.4 Å². The molecule has 2 rings (SSSR count). The van der Waals surface area contributed by atoms with Crippen molar-refractivity contribution in [3.05, 3.63) is 29.8 Å². The van der Waals surface area contributed by atoms with Crippen molar-refractivity contribution in [2.75, 3.05) is 13.7 Å². The van der Waals surface area contributed by atoms with Crippen LogP contribution in [0.3, 0.4) is 0 Å². The monoisotopic (exact) mass is 237 g/mol. The van der Waals surface area contributed by atoms with Crippen molar-refractivity contribution < 1.29 is 4.74 Å². The van der Waals surface area contributed by atoms with Crippen molar-refractivity contribution in [2.24, 2.45) is 0 Å². The van der Waals surface area contributed by atoms with E-state index >= 15 is 0 Å². The normalized spacial score (nSPS) is 24.9. The molecule has 0 radical (unpaired) electrons. The SMILES string of the molecule is CNCc1ccc(SC2CCOC2C)cc1. The van der Waals surface area contributed by atoms with Gasteiger partial charge >= 0.3 is 0 Å². The highest BCUT2D eigenvalue weighted by atomic mass is 32.2. The molecule has 3 heteroatoms. The van der Waals surface area contributed by atoms with Crippen LogP contribution in [0.25, 0.3) is 0 Å². The van der Waals surface area contributed by atoms with E-state index in [9.17, 15) is 0 Å². The summed E-state index contributed by atoms with van der Waals surface area (Å²) in [6.45, 7) is 4.02. The number of benzene rings is 1. The molecule has 1 fully saturated rings. The smallest absolute Gasteiger partial charge is 0.0669 e. The highest BCUT2D eigenvalue weighted by Crippen LogP contribution is 2.32. The van der Waals surface area contributed by atoms with Gasteiger partial charge in [-0.3, -0.25) is 0 Å². The maximum absolute atomic E-state index is 5.57. The minimum atomic E-state index is 0.391. The number of ether oxygens (including phenoxy) is 1. The molecule has 2 unspecified atom stereocenters. The van der Waals surface area contributed by atoms with Crippen molar-refractivity contribution >= 4 is 11.8 Å². The van der Waals surface area contributed by atoms with Crippen LogP contribution in [0, 0.1) is 0 Å². The van der Waals surface area contributed by atoms with Crippen molar-refractivity contribution in [2.45, 2.75) is 36.1 Å². The lowest BCUT2D eigenvalue weighted by Crippen LogP contribution is -2.12. The third-order valence-electron chi connectivity index (χ3n) is 2.90. The van der Waals surface area contributed by atoms with Gasteiger partial charge in [-0.25, -0.2) is 0 Å². The topological polar surface area (TPSA) is 21.3 Å². The number of rotatable bonds is 4. The Kier molecular flexibility index (Phi) is 4.27. The highest BCUT2D eigenvalue weighted by molar-refractivity contribution is 8.00. The Morgan fingerprint density at radius 1 is 1.38 bits per heavy atom. The van der Waals surface area contributed by atoms with Gasteiger partial charge in [-0.1, -0.05) is 12.1 Å². The largest absolute Gasteiger partial charge is 0.377 e. The van der Waals surface area contributed by atoms with Gasteiger partial charge in [0.05, 0.1) is 6.10 Å². The summed E-state index contributed by atoms with van der Waals surface area (Å²) >= 11 is 1.94. The second kappa shape index (κ2) is 5.71. The zero-order chi connectivity index (χ0) is 11.4. The van der Waals surface area contributed by atoms with Gasteiger partial charge in [-0.15, -0.1) is 11.8 Å². The van der Waals surface area contributed by atoms with E-state index in [4.69, 9.17) is 4.74 Å². The van der Waals surface area contributed by atoms with E-state index in [0.717, 1.165) is 13.2 Å². The van der Waals surface area contributed by atoms with Gasteiger partial charge in [0.15, 0.2) is 0 Å². The van der Waals surface area contributed by atoms with Crippen molar-refractivity contribution in [1.82, 2.24) is 5.32 Å². The first-order chi connectivity index (χ1) is 7.79. The van der Waals surface area contributed by atoms with Crippen LogP contribution in [0.1, 0.15) is 18.9 Å². The zero-order valence-corrected chi connectivity index (χ0v) is 10.7. The molecule has 1 N–H and O–H groups in total. The third-order valence-corrected chi connectivity index (χ3v) is 4.36. The molecule has 1 aromatic carbocycles. The molecule has 0 bridgehead atoms. The van der Waals surface area contributed by atoms with E-state index in [1.165, 1.54) is 16.9 Å². The Bertz CT molecular complexity index is 325. The number of hydrogen-bond acceptors (Lipinski definition) is 3. The highest BCUT2D eigenvalue weighted by Gasteiger charge is 2.24. The molecule has 16 heavy (non-hydrogen) atoms. The molecule has 1 saturated heterocycles. The lowest BCUT2D eigenvalue weighted by atomic mass is 10.2. The molecule has 1 aliphatic rings. The van der Waals surface area contributed by atoms with Crippen molar-refractivity contribution in [3.8, 4) is 0 Å². The predicted molar refractivity (Wildman–Crippen MR) is 68.9 cm³/mol. The minimum Gasteiger partial charge on any atom is -0.377 e. The van der Waals surface area contributed by atoms with E-state index in [1.807, 2.05) is 18.8 Å². The first-order valence-corrected chi connectivity index (χ1v) is 6.69. The lowest BCUT2D eigenvalue weighted by molar-refractivity contribution is 0.127. The fourth-order valence-corrected chi connectivity index (χ4v) is 3.06. The first-order valence-electron chi connectivity index (χ1n) is 5.81. The fraction of sp³-hybridized carbons (Fsp3) is 0.538. The Hall–Kier alpha value is -0.510. The van der Waals surface area contributed by atoms with Crippen LogP contribution in [0.2, 0.25) is 0 Å². The van der Waals surface area contributed by atoms with Gasteiger partial charge in [-0.2, -0.15) is 0 Å². The maximum Gasteiger partial charge on any atom is 0.0669 e. The summed E-state index contributed by atoms with van der Waals surface area (Å²) in [7, 11) is 1.97. The molecule has 88 valence electrons. The number of thioether (sulfide) groups is 1. The summed E-state index contributed by atoms with van der Waals surface area (Å²) in [6, 6.07) is 8.81. The molecule has 1 aliphatic heterocycles. The molecule has 0 saturated carbocycles. The molecule has 0 aliphatic carbocycles. The van der Waals surface area contributed by atoms with Crippen LogP contribution in [-0.4, -0.2) is 25.0 Å². The van der Waals surface area contributed by atoms with Crippen molar-refractivity contribution in [1.29, 1.82) is 0 Å². The van der Waals surface area contributed by atoms with E-state index in [2.05, 4.69) is 36.5 Å². The maximum atomic E-state index is 5.57. The van der Waals surface area contributed by atoms with Gasteiger partial charge < -0.3 is 10.1 Å². The number of hydrogen-bond donors (Lipinski definition) is 1. The van der Waals surface area contributed by atoms with Gasteiger partial charge in [-0.05, 0) is 38.1 Å². The average Bonchev–Trinajstić information content (AvgIpc) is 2.68. The van der Waals surface area contributed by atoms with Crippen LogP contribution in [-0.2, 0) is 11.3 Å². The Labute approximate surface area is 102 Å². The minimum absolute atomic E-state index is 0.391. The molecular formula is C13H19NOS. The van der Waals surface area contributed by atoms with Gasteiger partial charge in [0.1, 0.15) is 0 Å². The first kappa shape index (κ1) is 12.0. The number of nitrogens with one attached hydrogen (secondary N) is 1. The molecule has 1 heterocycles. The molecule has 0 aromatic heterocycles. The summed E-state index contributed by atoms with van der Waals surface area (Å²) < 4.78 is 5.57. The summed E-state index contributed by atoms with van der Waals surface area (Å²) in [5, 5.41) is 3.78. The van der Waals surface area contributed by atoms with E-state index in [-0.39, 0.29) is 0 Å². The van der Waals surface area contributed by atoms with Gasteiger partial charge in [0.2, 0.25) is 0 Å². The summed E-state index contributed by atoms with van der Waals surface area (Å²) in [6.07, 6.45) is 1.56. The Morgan fingerprint density at radius 2 is 2.12 bits per heavy atom. The molecule has 1 aromatic rings. The summed E-state index contributed by atoms with van der Waals surface area (Å²) in [5.74, 6) is 0. The molecule has 2 atom stereocenters. The third kappa shape index (κ3) is 3.00. The van der Waals surface area contributed by atoms with Gasteiger partial charge in [0.25, 0.3) is 0 Å². The van der Waals surface area contributed by atoms with E-state index in [1.54, 1.807) is 0 Å². The van der Waals surface area contributed by atoms with Gasteiger partial charge in [0, 0.05) is 23.3 Å². The summed E-state index contributed by atoms with van der Waals surface area (Å²) in [4.78, 5) is 1.35. The van der Waals surface area contributed by atoms with Crippen molar-refractivity contribution in [3.63, 3.8) is 0 Å². The Balaban J connectivity index is 1.94. The Morgan fingerprint density at radius 3 is 2.69 bits per heavy atom. The van der Waals surface area contributed by atoms with Crippen LogP contribution in [0.4, 0.5) is 0 Å². The average molecular weight is 237 g/mol. The fourth-order valence-electron chi connectivity index (χ4n) is 1.93. The summed E-state index contributed by atoms with van der Waals surface area (Å²) in [5.41, 5.74) is 1.34. The van der Waals surface area contributed by atoms with Crippen LogP contribution < -0.4 is 5.32 Å². The standard InChI is InChI=1S/C13H19NOS/c1-10-13(7-8-15-10)16-12-5-3-11(4-6-12)9-14-2/h3-6,10,13-14H,7-9H2,1-2H3. The quantitative estimate of drug-likeness (QED) is 0.870.